The predicted molar refractivity (Wildman–Crippen MR) is 91.6 cm³/mol. The van der Waals surface area contributed by atoms with E-state index in [0.29, 0.717) is 16.7 Å². The summed E-state index contributed by atoms with van der Waals surface area (Å²) >= 11 is 3.48. The molecule has 1 aromatic heterocycles. The summed E-state index contributed by atoms with van der Waals surface area (Å²) in [4.78, 5) is 12.5. The van der Waals surface area contributed by atoms with Gasteiger partial charge in [0.1, 0.15) is 11.4 Å². The monoisotopic (exact) mass is 364 g/mol. The van der Waals surface area contributed by atoms with E-state index in [1.54, 1.807) is 0 Å². The summed E-state index contributed by atoms with van der Waals surface area (Å²) in [5, 5.41) is 10.1. The Kier molecular flexibility index (Phi) is 5.37. The van der Waals surface area contributed by atoms with Gasteiger partial charge in [-0.05, 0) is 28.8 Å². The third-order valence-corrected chi connectivity index (χ3v) is 4.88. The molecule has 5 nitrogen and oxygen atoms in total. The molecule has 118 valence electrons. The van der Waals surface area contributed by atoms with Crippen LogP contribution in [0, 0.1) is 0 Å². The molecule has 4 N–H and O–H groups in total. The highest BCUT2D eigenvalue weighted by molar-refractivity contribution is 9.10. The molecule has 0 atom stereocenters. The molecule has 0 saturated carbocycles. The number of halogens is 1. The summed E-state index contributed by atoms with van der Waals surface area (Å²) in [6.07, 6.45) is 1.56. The maximum absolute atomic E-state index is 12.5. The van der Waals surface area contributed by atoms with Gasteiger partial charge < -0.3 is 11.1 Å². The molecule has 1 aromatic carbocycles. The van der Waals surface area contributed by atoms with E-state index in [0.717, 1.165) is 24.1 Å². The van der Waals surface area contributed by atoms with Crippen molar-refractivity contribution >= 4 is 21.8 Å². The Morgan fingerprint density at radius 2 is 1.95 bits per heavy atom. The second-order valence-electron chi connectivity index (χ2n) is 5.27. The van der Waals surface area contributed by atoms with Crippen molar-refractivity contribution in [3.63, 3.8) is 0 Å². The maximum Gasteiger partial charge on any atom is 0.270 e. The largest absolute Gasteiger partial charge is 0.344 e. The van der Waals surface area contributed by atoms with Gasteiger partial charge in [-0.3, -0.25) is 9.89 Å². The van der Waals surface area contributed by atoms with Gasteiger partial charge in [0.2, 0.25) is 0 Å². The van der Waals surface area contributed by atoms with E-state index in [4.69, 9.17) is 5.73 Å². The van der Waals surface area contributed by atoms with Crippen LogP contribution < -0.4 is 11.1 Å². The first-order chi connectivity index (χ1) is 10.6. The topological polar surface area (TPSA) is 83.8 Å². The zero-order valence-corrected chi connectivity index (χ0v) is 14.4. The second-order valence-corrected chi connectivity index (χ2v) is 6.07. The van der Waals surface area contributed by atoms with Crippen LogP contribution in [0.5, 0.6) is 0 Å². The van der Waals surface area contributed by atoms with Crippen molar-refractivity contribution < 1.29 is 4.79 Å². The quantitative estimate of drug-likeness (QED) is 0.736. The van der Waals surface area contributed by atoms with Crippen molar-refractivity contribution in [2.45, 2.75) is 32.2 Å². The van der Waals surface area contributed by atoms with E-state index >= 15 is 0 Å². The summed E-state index contributed by atoms with van der Waals surface area (Å²) in [7, 11) is 0. The molecule has 0 unspecified atom stereocenters. The van der Waals surface area contributed by atoms with Crippen LogP contribution in [0.2, 0.25) is 0 Å². The number of nitrogens with two attached hydrogens (primary N) is 1. The first-order valence-corrected chi connectivity index (χ1v) is 8.18. The molecule has 0 aliphatic carbocycles. The highest BCUT2D eigenvalue weighted by Gasteiger charge is 2.29. The van der Waals surface area contributed by atoms with Gasteiger partial charge >= 0.3 is 0 Å². The Labute approximate surface area is 138 Å². The fraction of sp³-hybridized carbons (Fsp3) is 0.375. The number of nitrogens with zero attached hydrogens (tertiary/aromatic N) is 1. The number of hydrogen-bond acceptors (Lipinski definition) is 3. The Morgan fingerprint density at radius 3 is 2.50 bits per heavy atom. The highest BCUT2D eigenvalue weighted by atomic mass is 79.9. The van der Waals surface area contributed by atoms with E-state index in [-0.39, 0.29) is 11.4 Å². The number of benzene rings is 1. The Bertz CT molecular complexity index is 627. The fourth-order valence-corrected chi connectivity index (χ4v) is 2.92. The molecule has 0 saturated heterocycles. The number of aromatic amines is 1. The van der Waals surface area contributed by atoms with Crippen LogP contribution in [-0.4, -0.2) is 28.2 Å². The number of nitrogens with one attached hydrogen (secondary N) is 2. The highest BCUT2D eigenvalue weighted by Crippen LogP contribution is 2.29. The lowest BCUT2D eigenvalue weighted by atomic mass is 9.93. The van der Waals surface area contributed by atoms with Gasteiger partial charge in [-0.2, -0.15) is 5.10 Å². The summed E-state index contributed by atoms with van der Waals surface area (Å²) in [6.45, 7) is 4.45. The van der Waals surface area contributed by atoms with Crippen molar-refractivity contribution in [2.24, 2.45) is 5.73 Å². The van der Waals surface area contributed by atoms with Gasteiger partial charge in [0.15, 0.2) is 0 Å². The zero-order valence-electron chi connectivity index (χ0n) is 12.8. The minimum Gasteiger partial charge on any atom is -0.344 e. The lowest BCUT2D eigenvalue weighted by Crippen LogP contribution is -2.53. The maximum atomic E-state index is 12.5. The smallest absolute Gasteiger partial charge is 0.270 e. The first-order valence-electron chi connectivity index (χ1n) is 7.38. The molecule has 2 rings (SSSR count). The third-order valence-electron chi connectivity index (χ3n) is 4.10. The van der Waals surface area contributed by atoms with E-state index in [1.807, 2.05) is 44.2 Å². The van der Waals surface area contributed by atoms with E-state index in [9.17, 15) is 4.79 Å². The van der Waals surface area contributed by atoms with Crippen molar-refractivity contribution in [3.8, 4) is 11.3 Å². The van der Waals surface area contributed by atoms with Crippen LogP contribution >= 0.6 is 15.9 Å². The lowest BCUT2D eigenvalue weighted by molar-refractivity contribution is 0.0889. The molecule has 1 amide bonds. The molecular weight excluding hydrogens is 344 g/mol. The van der Waals surface area contributed by atoms with Crippen molar-refractivity contribution in [3.05, 3.63) is 40.5 Å². The molecule has 1 heterocycles. The number of aromatic nitrogens is 2. The summed E-state index contributed by atoms with van der Waals surface area (Å²) < 4.78 is 0.661. The molecule has 22 heavy (non-hydrogen) atoms. The van der Waals surface area contributed by atoms with Crippen LogP contribution in [0.4, 0.5) is 0 Å². The first kappa shape index (κ1) is 16.7. The zero-order chi connectivity index (χ0) is 16.2. The van der Waals surface area contributed by atoms with Crippen molar-refractivity contribution in [1.29, 1.82) is 0 Å². The summed E-state index contributed by atoms with van der Waals surface area (Å²) in [6, 6.07) is 9.71. The molecule has 6 heteroatoms. The molecule has 0 aliphatic heterocycles. The Morgan fingerprint density at radius 1 is 1.32 bits per heavy atom. The van der Waals surface area contributed by atoms with Gasteiger partial charge in [0.25, 0.3) is 5.91 Å². The summed E-state index contributed by atoms with van der Waals surface area (Å²) in [5.41, 5.74) is 7.54. The Hall–Kier alpha value is -1.66. The number of rotatable bonds is 6. The number of carbonyl (C=O) groups excluding carboxylic acids is 1. The van der Waals surface area contributed by atoms with E-state index in [2.05, 4.69) is 31.4 Å². The van der Waals surface area contributed by atoms with E-state index < -0.39 is 0 Å². The van der Waals surface area contributed by atoms with Gasteiger partial charge in [-0.1, -0.05) is 44.2 Å². The van der Waals surface area contributed by atoms with Gasteiger partial charge in [0, 0.05) is 12.1 Å². The van der Waals surface area contributed by atoms with E-state index in [1.165, 1.54) is 0 Å². The van der Waals surface area contributed by atoms with Gasteiger partial charge in [0.05, 0.1) is 10.0 Å². The average Bonchev–Trinajstić information content (AvgIpc) is 2.95. The van der Waals surface area contributed by atoms with Gasteiger partial charge in [-0.15, -0.1) is 0 Å². The Balaban J connectivity index is 2.27. The minimum absolute atomic E-state index is 0.198. The third kappa shape index (κ3) is 3.23. The van der Waals surface area contributed by atoms with Crippen LogP contribution in [0.3, 0.4) is 0 Å². The molecular formula is C16H21BrN4O. The average molecular weight is 365 g/mol. The van der Waals surface area contributed by atoms with Crippen molar-refractivity contribution in [2.75, 3.05) is 6.54 Å². The minimum atomic E-state index is -0.380. The molecule has 0 aliphatic rings. The number of amides is 1. The number of H-pyrrole nitrogens is 1. The SMILES string of the molecule is CCC(CC)(CN)NC(=O)c1[nH]nc(-c2ccccc2)c1Br. The van der Waals surface area contributed by atoms with Crippen LogP contribution in [0.15, 0.2) is 34.8 Å². The predicted octanol–water partition coefficient (Wildman–Crippen LogP) is 3.09. The molecule has 0 bridgehead atoms. The molecule has 2 aromatic rings. The lowest BCUT2D eigenvalue weighted by Gasteiger charge is -2.31. The molecule has 0 fully saturated rings. The standard InChI is InChI=1S/C16H21BrN4O/c1-3-16(4-2,10-18)19-15(22)14-12(17)13(20-21-14)11-8-6-5-7-9-11/h5-9H,3-4,10,18H2,1-2H3,(H,19,22)(H,20,21). The van der Waals surface area contributed by atoms with Crippen LogP contribution in [0.1, 0.15) is 37.2 Å². The summed E-state index contributed by atoms with van der Waals surface area (Å²) in [5.74, 6) is -0.198. The fourth-order valence-electron chi connectivity index (χ4n) is 2.34. The number of hydrogen-bond donors (Lipinski definition) is 3. The van der Waals surface area contributed by atoms with Gasteiger partial charge in [-0.25, -0.2) is 0 Å². The molecule has 0 radical (unpaired) electrons. The van der Waals surface area contributed by atoms with Crippen LogP contribution in [0.25, 0.3) is 11.3 Å². The van der Waals surface area contributed by atoms with Crippen molar-refractivity contribution in [1.82, 2.24) is 15.5 Å². The normalized spacial score (nSPS) is 11.5. The van der Waals surface area contributed by atoms with Crippen LogP contribution in [-0.2, 0) is 0 Å². The molecule has 0 spiro atoms. The number of carbonyl (C=O) groups is 1. The second kappa shape index (κ2) is 7.07.